The highest BCUT2D eigenvalue weighted by molar-refractivity contribution is 6.11. The maximum atomic E-state index is 14.2. The van der Waals surface area contributed by atoms with Crippen LogP contribution in [0.5, 0.6) is 0 Å². The fourth-order valence-corrected chi connectivity index (χ4v) is 6.36. The Labute approximate surface area is 310 Å². The van der Waals surface area contributed by atoms with E-state index in [0.29, 0.717) is 37.2 Å². The van der Waals surface area contributed by atoms with Crippen LogP contribution in [-0.2, 0) is 20.8 Å². The number of hydrogen-bond donors (Lipinski definition) is 3. The smallest absolute Gasteiger partial charge is 0.412 e. The van der Waals surface area contributed by atoms with Crippen molar-refractivity contribution in [1.82, 2.24) is 15.3 Å². The number of aromatic nitrogens is 2. The van der Waals surface area contributed by atoms with Crippen molar-refractivity contribution in [3.05, 3.63) is 84.3 Å². The summed E-state index contributed by atoms with van der Waals surface area (Å²) < 4.78 is 58.8. The summed E-state index contributed by atoms with van der Waals surface area (Å²) in [6.45, 7) is 7.02. The van der Waals surface area contributed by atoms with E-state index >= 15 is 0 Å². The van der Waals surface area contributed by atoms with Crippen LogP contribution >= 0.6 is 0 Å². The molecule has 13 nitrogen and oxygen atoms in total. The normalized spacial score (nSPS) is 17.8. The molecule has 286 valence electrons. The Bertz CT molecular complexity index is 1970. The van der Waals surface area contributed by atoms with Gasteiger partial charge in [0.1, 0.15) is 12.2 Å². The van der Waals surface area contributed by atoms with Crippen molar-refractivity contribution >= 4 is 51.7 Å². The van der Waals surface area contributed by atoms with Crippen LogP contribution in [0.25, 0.3) is 10.9 Å². The summed E-state index contributed by atoms with van der Waals surface area (Å²) in [5, 5.41) is 8.62. The van der Waals surface area contributed by atoms with Crippen molar-refractivity contribution in [2.24, 2.45) is 5.92 Å². The first kappa shape index (κ1) is 38.1. The number of piperidine rings is 1. The van der Waals surface area contributed by atoms with Gasteiger partial charge in [0.2, 0.25) is 0 Å². The molecule has 4 heterocycles. The molecule has 2 atom stereocenters. The molecular weight excluding hydrogens is 707 g/mol. The molecule has 54 heavy (non-hydrogen) atoms. The van der Waals surface area contributed by atoms with Crippen molar-refractivity contribution in [2.75, 3.05) is 59.8 Å². The van der Waals surface area contributed by atoms with E-state index in [4.69, 9.17) is 14.2 Å². The Morgan fingerprint density at radius 2 is 1.67 bits per heavy atom. The number of hydrogen-bond acceptors (Lipinski definition) is 10. The van der Waals surface area contributed by atoms with Gasteiger partial charge in [0.05, 0.1) is 53.9 Å². The maximum Gasteiger partial charge on any atom is 0.412 e. The van der Waals surface area contributed by atoms with Gasteiger partial charge in [-0.2, -0.15) is 13.2 Å². The number of alkyl carbamates (subject to hydrolysis) is 1. The Balaban J connectivity index is 1.29. The van der Waals surface area contributed by atoms with Gasteiger partial charge in [0, 0.05) is 43.4 Å². The predicted octanol–water partition coefficient (Wildman–Crippen LogP) is 6.75. The van der Waals surface area contributed by atoms with E-state index < -0.39 is 48.4 Å². The van der Waals surface area contributed by atoms with E-state index in [2.05, 4.69) is 30.8 Å². The summed E-state index contributed by atoms with van der Waals surface area (Å²) in [4.78, 5) is 52.1. The number of pyridine rings is 2. The van der Waals surface area contributed by atoms with E-state index in [0.717, 1.165) is 11.3 Å². The number of alkyl halides is 3. The molecule has 2 saturated heterocycles. The zero-order chi connectivity index (χ0) is 38.5. The SMILES string of the molecule is CC(C)(C)OC(=O)N[C@H]1C[C@@H](C(F)(F)F)CN(c2ccncc2NC(=O)c2nc3cc(N4CCOCC4)ccc3cc2NC(=O)OCc2ccccc2)C1. The van der Waals surface area contributed by atoms with E-state index in [1.165, 1.54) is 23.4 Å². The van der Waals surface area contributed by atoms with Crippen LogP contribution in [0, 0.1) is 5.92 Å². The Hall–Kier alpha value is -5.64. The summed E-state index contributed by atoms with van der Waals surface area (Å²) in [6, 6.07) is 16.9. The third kappa shape index (κ3) is 9.86. The molecule has 2 aliphatic rings. The van der Waals surface area contributed by atoms with Gasteiger partial charge in [-0.3, -0.25) is 15.1 Å². The second-order valence-corrected chi connectivity index (χ2v) is 14.1. The number of nitrogens with one attached hydrogen (secondary N) is 3. The second-order valence-electron chi connectivity index (χ2n) is 14.1. The molecule has 0 spiro atoms. The first-order chi connectivity index (χ1) is 25.7. The van der Waals surface area contributed by atoms with Crippen molar-refractivity contribution in [3.8, 4) is 0 Å². The van der Waals surface area contributed by atoms with Gasteiger partial charge in [-0.05, 0) is 57.0 Å². The highest BCUT2D eigenvalue weighted by atomic mass is 19.4. The highest BCUT2D eigenvalue weighted by Gasteiger charge is 2.45. The van der Waals surface area contributed by atoms with Gasteiger partial charge in [-0.15, -0.1) is 0 Å². The molecule has 2 aromatic carbocycles. The predicted molar refractivity (Wildman–Crippen MR) is 197 cm³/mol. The van der Waals surface area contributed by atoms with Crippen LogP contribution in [0.2, 0.25) is 0 Å². The summed E-state index contributed by atoms with van der Waals surface area (Å²) in [5.41, 5.74) is 1.50. The van der Waals surface area contributed by atoms with E-state index in [9.17, 15) is 27.6 Å². The summed E-state index contributed by atoms with van der Waals surface area (Å²) >= 11 is 0. The molecule has 2 fully saturated rings. The number of carbonyl (C=O) groups is 3. The average Bonchev–Trinajstić information content (AvgIpc) is 3.13. The maximum absolute atomic E-state index is 14.2. The second kappa shape index (κ2) is 16.2. The molecule has 4 aromatic rings. The first-order valence-electron chi connectivity index (χ1n) is 17.5. The zero-order valence-corrected chi connectivity index (χ0v) is 30.1. The van der Waals surface area contributed by atoms with Gasteiger partial charge in [0.25, 0.3) is 5.91 Å². The number of carbonyl (C=O) groups excluding carboxylic acids is 3. The lowest BCUT2D eigenvalue weighted by molar-refractivity contribution is -0.177. The Morgan fingerprint density at radius 1 is 0.907 bits per heavy atom. The number of rotatable bonds is 8. The van der Waals surface area contributed by atoms with Gasteiger partial charge in [0.15, 0.2) is 5.69 Å². The molecule has 0 bridgehead atoms. The summed E-state index contributed by atoms with van der Waals surface area (Å²) in [5.74, 6) is -2.54. The highest BCUT2D eigenvalue weighted by Crippen LogP contribution is 2.37. The lowest BCUT2D eigenvalue weighted by Crippen LogP contribution is -2.54. The van der Waals surface area contributed by atoms with Crippen LogP contribution in [-0.4, -0.2) is 85.3 Å². The number of fused-ring (bicyclic) bond motifs is 1. The molecule has 3 N–H and O–H groups in total. The number of amides is 3. The van der Waals surface area contributed by atoms with Crippen LogP contribution in [0.3, 0.4) is 0 Å². The topological polar surface area (TPSA) is 147 Å². The third-order valence-corrected chi connectivity index (χ3v) is 8.86. The van der Waals surface area contributed by atoms with Crippen LogP contribution in [0.1, 0.15) is 43.2 Å². The number of anilines is 4. The van der Waals surface area contributed by atoms with Crippen LogP contribution < -0.4 is 25.8 Å². The molecule has 0 unspecified atom stereocenters. The largest absolute Gasteiger partial charge is 0.444 e. The minimum Gasteiger partial charge on any atom is -0.444 e. The molecule has 2 aromatic heterocycles. The average molecular weight is 750 g/mol. The minimum absolute atomic E-state index is 0.00267. The van der Waals surface area contributed by atoms with Crippen LogP contribution in [0.4, 0.5) is 45.5 Å². The first-order valence-corrected chi connectivity index (χ1v) is 17.5. The standard InChI is InChI=1S/C38H42F3N7O6/c1-37(2,3)54-36(51)43-27-18-26(38(39,40)41)21-48(22-27)32-11-12-42-20-31(32)45-34(49)33-30(46-35(50)53-23-24-7-5-4-6-8-24)17-25-9-10-28(19-29(25)44-33)47-13-15-52-16-14-47/h4-12,17,19-20,26-27H,13-16,18,21-23H2,1-3H3,(H,43,51)(H,45,49)(H,46,50)/t26-,27+/m1/s1. The molecule has 0 saturated carbocycles. The number of ether oxygens (including phenoxy) is 3. The molecule has 2 aliphatic heterocycles. The lowest BCUT2D eigenvalue weighted by atomic mass is 9.93. The van der Waals surface area contributed by atoms with Gasteiger partial charge < -0.3 is 34.6 Å². The number of morpholine rings is 1. The quantitative estimate of drug-likeness (QED) is 0.177. The van der Waals surface area contributed by atoms with Gasteiger partial charge in [-0.1, -0.05) is 36.4 Å². The molecule has 0 aliphatic carbocycles. The Kier molecular flexibility index (Phi) is 11.4. The fraction of sp³-hybridized carbons (Fsp3) is 0.395. The monoisotopic (exact) mass is 749 g/mol. The molecular formula is C38H42F3N7O6. The Morgan fingerprint density at radius 3 is 2.39 bits per heavy atom. The molecule has 0 radical (unpaired) electrons. The lowest BCUT2D eigenvalue weighted by Gasteiger charge is -2.40. The molecule has 6 rings (SSSR count). The number of halogens is 3. The van der Waals surface area contributed by atoms with Crippen LogP contribution in [0.15, 0.2) is 73.1 Å². The van der Waals surface area contributed by atoms with Crippen molar-refractivity contribution in [2.45, 2.75) is 51.6 Å². The van der Waals surface area contributed by atoms with Gasteiger partial charge in [-0.25, -0.2) is 14.6 Å². The minimum atomic E-state index is -4.56. The van der Waals surface area contributed by atoms with Crippen molar-refractivity contribution in [1.29, 1.82) is 0 Å². The fourth-order valence-electron chi connectivity index (χ4n) is 6.36. The van der Waals surface area contributed by atoms with E-state index in [1.807, 2.05) is 36.4 Å². The number of benzene rings is 2. The molecule has 16 heteroatoms. The van der Waals surface area contributed by atoms with E-state index in [-0.39, 0.29) is 42.3 Å². The van der Waals surface area contributed by atoms with Gasteiger partial charge >= 0.3 is 18.4 Å². The molecule has 3 amide bonds. The summed E-state index contributed by atoms with van der Waals surface area (Å²) in [6.07, 6.45) is -3.85. The summed E-state index contributed by atoms with van der Waals surface area (Å²) in [7, 11) is 0. The van der Waals surface area contributed by atoms with Crippen molar-refractivity contribution in [3.63, 3.8) is 0 Å². The third-order valence-electron chi connectivity index (χ3n) is 8.86. The number of nitrogens with zero attached hydrogens (tertiary/aromatic N) is 4. The zero-order valence-electron chi connectivity index (χ0n) is 30.1. The van der Waals surface area contributed by atoms with Crippen molar-refractivity contribution < 1.29 is 41.8 Å². The van der Waals surface area contributed by atoms with E-state index in [1.54, 1.807) is 39.0 Å².